The average Bonchev–Trinajstić information content (AvgIpc) is 3.21. The zero-order chi connectivity index (χ0) is 21.2. The first-order chi connectivity index (χ1) is 15.2. The Bertz CT molecular complexity index is 1200. The molecule has 1 aliphatic rings. The highest BCUT2D eigenvalue weighted by atomic mass is 19.1. The molecule has 2 aromatic carbocycles. The van der Waals surface area contributed by atoms with Crippen LogP contribution in [-0.4, -0.2) is 42.1 Å². The molecule has 2 aromatic heterocycles. The van der Waals surface area contributed by atoms with E-state index in [1.54, 1.807) is 17.0 Å². The van der Waals surface area contributed by atoms with E-state index in [2.05, 4.69) is 4.90 Å². The van der Waals surface area contributed by atoms with Crippen molar-refractivity contribution in [3.63, 3.8) is 0 Å². The summed E-state index contributed by atoms with van der Waals surface area (Å²) in [7, 11) is 0. The van der Waals surface area contributed by atoms with Gasteiger partial charge in [-0.1, -0.05) is 6.07 Å². The summed E-state index contributed by atoms with van der Waals surface area (Å²) in [5, 5.41) is 0. The Hall–Kier alpha value is -3.71. The number of ether oxygens (including phenoxy) is 1. The van der Waals surface area contributed by atoms with Crippen LogP contribution in [0.25, 0.3) is 16.9 Å². The van der Waals surface area contributed by atoms with Crippen LogP contribution >= 0.6 is 0 Å². The van der Waals surface area contributed by atoms with Crippen molar-refractivity contribution < 1.29 is 13.9 Å². The molecule has 1 fully saturated rings. The third-order valence-electron chi connectivity index (χ3n) is 5.46. The molecule has 6 nitrogen and oxygen atoms in total. The van der Waals surface area contributed by atoms with Crippen LogP contribution in [0.3, 0.4) is 0 Å². The number of amides is 1. The highest BCUT2D eigenvalue weighted by Crippen LogP contribution is 2.35. The Morgan fingerprint density at radius 3 is 2.42 bits per heavy atom. The molecule has 31 heavy (non-hydrogen) atoms. The maximum absolute atomic E-state index is 13.5. The number of morpholine rings is 1. The van der Waals surface area contributed by atoms with E-state index in [9.17, 15) is 9.18 Å². The summed E-state index contributed by atoms with van der Waals surface area (Å²) in [6.07, 6.45) is 2.65. The Morgan fingerprint density at radius 2 is 1.71 bits per heavy atom. The monoisotopic (exact) mass is 416 g/mol. The number of aromatic nitrogens is 2. The summed E-state index contributed by atoms with van der Waals surface area (Å²) in [4.78, 5) is 20.8. The number of imidazole rings is 1. The van der Waals surface area contributed by atoms with E-state index in [1.165, 1.54) is 12.1 Å². The van der Waals surface area contributed by atoms with Gasteiger partial charge >= 0.3 is 0 Å². The Labute approximate surface area is 179 Å². The van der Waals surface area contributed by atoms with E-state index in [-0.39, 0.29) is 5.82 Å². The fourth-order valence-electron chi connectivity index (χ4n) is 3.89. The summed E-state index contributed by atoms with van der Waals surface area (Å²) in [5.41, 5.74) is 3.86. The van der Waals surface area contributed by atoms with Crippen molar-refractivity contribution in [3.05, 3.63) is 78.7 Å². The van der Waals surface area contributed by atoms with Crippen molar-refractivity contribution in [2.75, 3.05) is 36.1 Å². The van der Waals surface area contributed by atoms with Gasteiger partial charge in [0.25, 0.3) is 0 Å². The molecule has 0 atom stereocenters. The number of anilines is 3. The number of carbonyl (C=O) groups is 1. The highest BCUT2D eigenvalue weighted by molar-refractivity contribution is 5.93. The zero-order valence-corrected chi connectivity index (χ0v) is 16.8. The second-order valence-corrected chi connectivity index (χ2v) is 7.31. The molecule has 0 unspecified atom stereocenters. The van der Waals surface area contributed by atoms with E-state index < -0.39 is 0 Å². The van der Waals surface area contributed by atoms with E-state index >= 15 is 0 Å². The Morgan fingerprint density at radius 1 is 0.968 bits per heavy atom. The van der Waals surface area contributed by atoms with Crippen LogP contribution < -0.4 is 9.80 Å². The van der Waals surface area contributed by atoms with Gasteiger partial charge in [0.05, 0.1) is 18.9 Å². The van der Waals surface area contributed by atoms with Gasteiger partial charge in [-0.25, -0.2) is 9.37 Å². The summed E-state index contributed by atoms with van der Waals surface area (Å²) < 4.78 is 20.8. The van der Waals surface area contributed by atoms with Crippen LogP contribution in [0.1, 0.15) is 0 Å². The summed E-state index contributed by atoms with van der Waals surface area (Å²) in [5.74, 6) is 0.288. The lowest BCUT2D eigenvalue weighted by Crippen LogP contribution is -2.36. The fraction of sp³-hybridized carbons (Fsp3) is 0.167. The molecule has 0 saturated carbocycles. The van der Waals surface area contributed by atoms with Gasteiger partial charge in [0.2, 0.25) is 6.41 Å². The van der Waals surface area contributed by atoms with Crippen LogP contribution in [0.2, 0.25) is 0 Å². The number of fused-ring (bicyclic) bond motifs is 1. The second-order valence-electron chi connectivity index (χ2n) is 7.31. The van der Waals surface area contributed by atoms with Gasteiger partial charge in [0.15, 0.2) is 5.82 Å². The maximum Gasteiger partial charge on any atom is 0.219 e. The predicted octanol–water partition coefficient (Wildman–Crippen LogP) is 4.27. The van der Waals surface area contributed by atoms with E-state index in [0.717, 1.165) is 36.4 Å². The number of hydrogen-bond donors (Lipinski definition) is 0. The lowest BCUT2D eigenvalue weighted by molar-refractivity contribution is -0.106. The van der Waals surface area contributed by atoms with Gasteiger partial charge in [0, 0.05) is 30.5 Å². The number of benzene rings is 2. The third kappa shape index (κ3) is 3.64. The normalized spacial score (nSPS) is 14.0. The minimum Gasteiger partial charge on any atom is -0.378 e. The quantitative estimate of drug-likeness (QED) is 0.456. The molecule has 1 aliphatic heterocycles. The van der Waals surface area contributed by atoms with Crippen LogP contribution in [0, 0.1) is 5.82 Å². The lowest BCUT2D eigenvalue weighted by Gasteiger charge is -2.29. The fourth-order valence-corrected chi connectivity index (χ4v) is 3.89. The number of rotatable bonds is 5. The molecule has 5 rings (SSSR count). The molecule has 3 heterocycles. The molecule has 7 heteroatoms. The molecule has 0 N–H and O–H groups in total. The number of hydrogen-bond acceptors (Lipinski definition) is 4. The minimum atomic E-state index is -0.319. The highest BCUT2D eigenvalue weighted by Gasteiger charge is 2.21. The molecule has 1 saturated heterocycles. The molecule has 0 radical (unpaired) electrons. The predicted molar refractivity (Wildman–Crippen MR) is 118 cm³/mol. The largest absolute Gasteiger partial charge is 0.378 e. The minimum absolute atomic E-state index is 0.319. The second kappa shape index (κ2) is 8.20. The maximum atomic E-state index is 13.5. The molecular weight excluding hydrogens is 395 g/mol. The first kappa shape index (κ1) is 19.3. The average molecular weight is 416 g/mol. The Kier molecular flexibility index (Phi) is 5.09. The third-order valence-corrected chi connectivity index (χ3v) is 5.46. The van der Waals surface area contributed by atoms with Crippen molar-refractivity contribution in [3.8, 4) is 11.3 Å². The van der Waals surface area contributed by atoms with Crippen molar-refractivity contribution >= 4 is 29.2 Å². The van der Waals surface area contributed by atoms with E-state index in [4.69, 9.17) is 9.72 Å². The summed E-state index contributed by atoms with van der Waals surface area (Å²) >= 11 is 0. The van der Waals surface area contributed by atoms with Crippen LogP contribution in [0.15, 0.2) is 72.9 Å². The van der Waals surface area contributed by atoms with Gasteiger partial charge in [0.1, 0.15) is 17.2 Å². The van der Waals surface area contributed by atoms with Gasteiger partial charge < -0.3 is 9.64 Å². The Balaban J connectivity index is 1.58. The topological polar surface area (TPSA) is 50.1 Å². The first-order valence-electron chi connectivity index (χ1n) is 10.1. The van der Waals surface area contributed by atoms with Crippen molar-refractivity contribution in [2.24, 2.45) is 0 Å². The molecular formula is C24H21FN4O2. The smallest absolute Gasteiger partial charge is 0.219 e. The van der Waals surface area contributed by atoms with Crippen molar-refractivity contribution in [1.29, 1.82) is 0 Å². The molecule has 1 amide bonds. The molecule has 0 bridgehead atoms. The molecule has 0 aliphatic carbocycles. The van der Waals surface area contributed by atoms with Gasteiger partial charge in [-0.05, 0) is 60.7 Å². The van der Waals surface area contributed by atoms with E-state index in [0.29, 0.717) is 30.4 Å². The molecule has 156 valence electrons. The van der Waals surface area contributed by atoms with Crippen molar-refractivity contribution in [2.45, 2.75) is 0 Å². The van der Waals surface area contributed by atoms with Crippen LogP contribution in [-0.2, 0) is 9.53 Å². The number of carbonyl (C=O) groups excluding carboxylic acids is 1. The first-order valence-corrected chi connectivity index (χ1v) is 10.1. The van der Waals surface area contributed by atoms with E-state index in [1.807, 2.05) is 53.1 Å². The SMILES string of the molecule is O=CN(c1ccc(N2CCOCC2)cc1)c1c(-c2ccc(F)cc2)nc2ccccn12. The zero-order valence-electron chi connectivity index (χ0n) is 16.8. The standard InChI is InChI=1S/C24H21FN4O2/c25-19-6-4-18(5-7-19)23-24(28-12-2-1-3-22(28)26-23)29(17-30)21-10-8-20(9-11-21)27-13-15-31-16-14-27/h1-12,17H,13-16H2. The number of pyridine rings is 1. The van der Waals surface area contributed by atoms with Gasteiger partial charge in [-0.3, -0.25) is 14.1 Å². The summed E-state index contributed by atoms with van der Waals surface area (Å²) in [6.45, 7) is 3.12. The number of halogens is 1. The van der Waals surface area contributed by atoms with Crippen molar-refractivity contribution in [1.82, 2.24) is 9.38 Å². The van der Waals surface area contributed by atoms with Crippen LogP contribution in [0.5, 0.6) is 0 Å². The molecule has 4 aromatic rings. The van der Waals surface area contributed by atoms with Gasteiger partial charge in [-0.2, -0.15) is 0 Å². The van der Waals surface area contributed by atoms with Gasteiger partial charge in [-0.15, -0.1) is 0 Å². The summed E-state index contributed by atoms with van der Waals surface area (Å²) in [6, 6.07) is 19.7. The van der Waals surface area contributed by atoms with Crippen LogP contribution in [0.4, 0.5) is 21.6 Å². The lowest BCUT2D eigenvalue weighted by atomic mass is 10.1. The number of nitrogens with zero attached hydrogens (tertiary/aromatic N) is 4. The molecule has 0 spiro atoms.